The number of amides is 1. The van der Waals surface area contributed by atoms with Gasteiger partial charge >= 0.3 is 0 Å². The summed E-state index contributed by atoms with van der Waals surface area (Å²) in [6, 6.07) is 5.37. The van der Waals surface area contributed by atoms with Crippen LogP contribution < -0.4 is 11.1 Å². The van der Waals surface area contributed by atoms with Crippen LogP contribution >= 0.6 is 27.5 Å². The Labute approximate surface area is 115 Å². The topological polar surface area (TPSA) is 55.1 Å². The van der Waals surface area contributed by atoms with Crippen molar-refractivity contribution in [3.05, 3.63) is 27.7 Å². The van der Waals surface area contributed by atoms with E-state index in [1.165, 1.54) is 0 Å². The predicted molar refractivity (Wildman–Crippen MR) is 75.2 cm³/mol. The Hall–Kier alpha value is -0.580. The smallest absolute Gasteiger partial charge is 0.227 e. The number of carbonyl (C=O) groups is 1. The van der Waals surface area contributed by atoms with E-state index >= 15 is 0 Å². The minimum absolute atomic E-state index is 0.0253. The van der Waals surface area contributed by atoms with Crippen LogP contribution in [0.2, 0.25) is 5.02 Å². The van der Waals surface area contributed by atoms with E-state index in [2.05, 4.69) is 21.2 Å². The second kappa shape index (κ2) is 6.99. The molecule has 0 spiro atoms. The van der Waals surface area contributed by atoms with E-state index in [-0.39, 0.29) is 11.8 Å². The minimum atomic E-state index is -0.0572. The van der Waals surface area contributed by atoms with Crippen molar-refractivity contribution in [2.45, 2.75) is 19.8 Å². The van der Waals surface area contributed by atoms with E-state index < -0.39 is 0 Å². The van der Waals surface area contributed by atoms with Crippen LogP contribution in [-0.2, 0) is 4.79 Å². The molecule has 5 heteroatoms. The lowest BCUT2D eigenvalue weighted by molar-refractivity contribution is -0.119. The van der Waals surface area contributed by atoms with Gasteiger partial charge in [0.15, 0.2) is 0 Å². The van der Waals surface area contributed by atoms with Crippen molar-refractivity contribution in [3.63, 3.8) is 0 Å². The summed E-state index contributed by atoms with van der Waals surface area (Å²) in [6.45, 7) is 2.49. The van der Waals surface area contributed by atoms with Crippen molar-refractivity contribution in [3.8, 4) is 0 Å². The Morgan fingerprint density at radius 1 is 1.59 bits per heavy atom. The first kappa shape index (κ1) is 14.5. The molecule has 94 valence electrons. The standard InChI is InChI=1S/C12H16BrClN2O/c1-8(3-2-6-15)12(17)16-11-5-4-9(13)7-10(11)14/h4-5,7-8H,2-3,6,15H2,1H3,(H,16,17). The van der Waals surface area contributed by atoms with E-state index in [0.29, 0.717) is 17.3 Å². The van der Waals surface area contributed by atoms with Gasteiger partial charge in [0.25, 0.3) is 0 Å². The molecular weight excluding hydrogens is 304 g/mol. The molecule has 1 unspecified atom stereocenters. The molecule has 3 N–H and O–H groups in total. The van der Waals surface area contributed by atoms with Crippen LogP contribution in [0.5, 0.6) is 0 Å². The van der Waals surface area contributed by atoms with Gasteiger partial charge in [0.05, 0.1) is 10.7 Å². The molecule has 0 saturated carbocycles. The number of halogens is 2. The van der Waals surface area contributed by atoms with Crippen LogP contribution in [0.15, 0.2) is 22.7 Å². The zero-order valence-corrected chi connectivity index (χ0v) is 12.0. The second-order valence-electron chi connectivity index (χ2n) is 3.95. The fraction of sp³-hybridized carbons (Fsp3) is 0.417. The molecule has 1 rings (SSSR count). The summed E-state index contributed by atoms with van der Waals surface area (Å²) in [6.07, 6.45) is 1.64. The van der Waals surface area contributed by atoms with E-state index in [1.54, 1.807) is 12.1 Å². The normalized spacial score (nSPS) is 12.2. The predicted octanol–water partition coefficient (Wildman–Crippen LogP) is 3.42. The molecule has 1 atom stereocenters. The zero-order chi connectivity index (χ0) is 12.8. The average Bonchev–Trinajstić information content (AvgIpc) is 2.29. The minimum Gasteiger partial charge on any atom is -0.330 e. The van der Waals surface area contributed by atoms with Crippen LogP contribution in [0.4, 0.5) is 5.69 Å². The van der Waals surface area contributed by atoms with E-state index in [9.17, 15) is 4.79 Å². The highest BCUT2D eigenvalue weighted by molar-refractivity contribution is 9.10. The second-order valence-corrected chi connectivity index (χ2v) is 5.27. The quantitative estimate of drug-likeness (QED) is 0.873. The van der Waals surface area contributed by atoms with Crippen molar-refractivity contribution < 1.29 is 4.79 Å². The molecule has 3 nitrogen and oxygen atoms in total. The summed E-state index contributed by atoms with van der Waals surface area (Å²) in [5.74, 6) is -0.0825. The molecule has 1 aromatic rings. The highest BCUT2D eigenvalue weighted by Gasteiger charge is 2.13. The summed E-state index contributed by atoms with van der Waals surface area (Å²) in [4.78, 5) is 11.8. The van der Waals surface area contributed by atoms with Gasteiger partial charge in [-0.1, -0.05) is 34.5 Å². The van der Waals surface area contributed by atoms with Crippen LogP contribution in [-0.4, -0.2) is 12.5 Å². The number of hydrogen-bond donors (Lipinski definition) is 2. The lowest BCUT2D eigenvalue weighted by atomic mass is 10.0. The summed E-state index contributed by atoms with van der Waals surface area (Å²) in [5.41, 5.74) is 6.05. The molecule has 0 aliphatic carbocycles. The third kappa shape index (κ3) is 4.66. The fourth-order valence-corrected chi connectivity index (χ4v) is 2.12. The first-order valence-corrected chi connectivity index (χ1v) is 6.67. The summed E-state index contributed by atoms with van der Waals surface area (Å²) in [7, 11) is 0. The summed E-state index contributed by atoms with van der Waals surface area (Å²) >= 11 is 9.33. The monoisotopic (exact) mass is 318 g/mol. The Bertz CT molecular complexity index is 398. The fourth-order valence-electron chi connectivity index (χ4n) is 1.40. The summed E-state index contributed by atoms with van der Waals surface area (Å²) in [5, 5.41) is 3.34. The zero-order valence-electron chi connectivity index (χ0n) is 9.67. The van der Waals surface area contributed by atoms with Crippen molar-refractivity contribution in [2.75, 3.05) is 11.9 Å². The first-order chi connectivity index (χ1) is 8.04. The van der Waals surface area contributed by atoms with E-state index in [0.717, 1.165) is 17.3 Å². The SMILES string of the molecule is CC(CCCN)C(=O)Nc1ccc(Br)cc1Cl. The number of anilines is 1. The molecule has 17 heavy (non-hydrogen) atoms. The molecule has 0 bridgehead atoms. The molecule has 1 amide bonds. The number of nitrogens with two attached hydrogens (primary N) is 1. The molecule has 0 saturated heterocycles. The highest BCUT2D eigenvalue weighted by atomic mass is 79.9. The molecule has 0 fully saturated rings. The molecule has 0 radical (unpaired) electrons. The number of hydrogen-bond acceptors (Lipinski definition) is 2. The lowest BCUT2D eigenvalue weighted by Crippen LogP contribution is -2.21. The Morgan fingerprint density at radius 2 is 2.29 bits per heavy atom. The Balaban J connectivity index is 2.61. The highest BCUT2D eigenvalue weighted by Crippen LogP contribution is 2.26. The van der Waals surface area contributed by atoms with E-state index in [1.807, 2.05) is 13.0 Å². The Kier molecular flexibility index (Phi) is 5.95. The van der Waals surface area contributed by atoms with Crippen molar-refractivity contribution >= 4 is 39.1 Å². The van der Waals surface area contributed by atoms with Crippen molar-refractivity contribution in [1.82, 2.24) is 0 Å². The van der Waals surface area contributed by atoms with Crippen LogP contribution in [0.1, 0.15) is 19.8 Å². The number of carbonyl (C=O) groups excluding carboxylic acids is 1. The maximum absolute atomic E-state index is 11.8. The largest absolute Gasteiger partial charge is 0.330 e. The first-order valence-electron chi connectivity index (χ1n) is 5.50. The number of nitrogens with one attached hydrogen (secondary N) is 1. The average molecular weight is 320 g/mol. The number of rotatable bonds is 5. The van der Waals surface area contributed by atoms with Gasteiger partial charge in [-0.2, -0.15) is 0 Å². The van der Waals surface area contributed by atoms with Gasteiger partial charge < -0.3 is 11.1 Å². The van der Waals surface area contributed by atoms with Gasteiger partial charge in [-0.15, -0.1) is 0 Å². The van der Waals surface area contributed by atoms with E-state index in [4.69, 9.17) is 17.3 Å². The van der Waals surface area contributed by atoms with Crippen LogP contribution in [0.3, 0.4) is 0 Å². The molecular formula is C12H16BrClN2O. The summed E-state index contributed by atoms with van der Waals surface area (Å²) < 4.78 is 0.886. The maximum atomic E-state index is 11.8. The van der Waals surface area contributed by atoms with Crippen molar-refractivity contribution in [2.24, 2.45) is 11.7 Å². The number of benzene rings is 1. The molecule has 0 aliphatic rings. The van der Waals surface area contributed by atoms with Gasteiger partial charge in [0, 0.05) is 10.4 Å². The molecule has 0 aliphatic heterocycles. The van der Waals surface area contributed by atoms with Gasteiger partial charge in [0.1, 0.15) is 0 Å². The van der Waals surface area contributed by atoms with Gasteiger partial charge in [-0.05, 0) is 37.6 Å². The van der Waals surface area contributed by atoms with Gasteiger partial charge in [-0.3, -0.25) is 4.79 Å². The third-order valence-electron chi connectivity index (χ3n) is 2.48. The molecule has 0 aromatic heterocycles. The Morgan fingerprint density at radius 3 is 2.88 bits per heavy atom. The van der Waals surface area contributed by atoms with Crippen LogP contribution in [0.25, 0.3) is 0 Å². The van der Waals surface area contributed by atoms with Crippen LogP contribution in [0, 0.1) is 5.92 Å². The molecule has 1 aromatic carbocycles. The maximum Gasteiger partial charge on any atom is 0.227 e. The third-order valence-corrected chi connectivity index (χ3v) is 3.28. The molecule has 0 heterocycles. The lowest BCUT2D eigenvalue weighted by Gasteiger charge is -2.12. The van der Waals surface area contributed by atoms with Crippen molar-refractivity contribution in [1.29, 1.82) is 0 Å². The van der Waals surface area contributed by atoms with Gasteiger partial charge in [0.2, 0.25) is 5.91 Å². The van der Waals surface area contributed by atoms with Gasteiger partial charge in [-0.25, -0.2) is 0 Å².